The van der Waals surface area contributed by atoms with E-state index in [1.807, 2.05) is 24.3 Å². The Morgan fingerprint density at radius 2 is 2.21 bits per heavy atom. The molecule has 1 fully saturated rings. The van der Waals surface area contributed by atoms with Gasteiger partial charge in [-0.1, -0.05) is 17.3 Å². The van der Waals surface area contributed by atoms with Crippen LogP contribution in [0, 0.1) is 6.92 Å². The quantitative estimate of drug-likeness (QED) is 0.911. The molecule has 1 saturated heterocycles. The molecule has 1 aliphatic rings. The van der Waals surface area contributed by atoms with Gasteiger partial charge in [0.1, 0.15) is 11.8 Å². The van der Waals surface area contributed by atoms with E-state index in [9.17, 15) is 4.79 Å². The highest BCUT2D eigenvalue weighted by molar-refractivity contribution is 5.74. The number of benzene rings is 1. The third-order valence-electron chi connectivity index (χ3n) is 4.19. The Morgan fingerprint density at radius 1 is 1.42 bits per heavy atom. The van der Waals surface area contributed by atoms with Crippen molar-refractivity contribution < 1.29 is 14.1 Å². The Labute approximate surface area is 141 Å². The highest BCUT2D eigenvalue weighted by atomic mass is 16.5. The predicted octanol–water partition coefficient (Wildman–Crippen LogP) is 2.48. The Kier molecular flexibility index (Phi) is 4.98. The highest BCUT2D eigenvalue weighted by Crippen LogP contribution is 2.30. The number of hydrogen-bond donors (Lipinski definition) is 1. The minimum absolute atomic E-state index is 0.0816. The lowest BCUT2D eigenvalue weighted by Gasteiger charge is -2.22. The molecule has 1 aromatic heterocycles. The molecule has 3 rings (SSSR count). The van der Waals surface area contributed by atoms with Gasteiger partial charge in [0.2, 0.25) is 5.89 Å². The van der Waals surface area contributed by atoms with Crippen LogP contribution in [0.3, 0.4) is 0 Å². The molecule has 7 heteroatoms. The fourth-order valence-corrected chi connectivity index (χ4v) is 2.92. The van der Waals surface area contributed by atoms with Gasteiger partial charge in [0, 0.05) is 13.1 Å². The monoisotopic (exact) mass is 330 g/mol. The molecule has 1 aromatic carbocycles. The third kappa shape index (κ3) is 3.67. The Morgan fingerprint density at radius 3 is 2.88 bits per heavy atom. The molecule has 24 heavy (non-hydrogen) atoms. The zero-order chi connectivity index (χ0) is 16.9. The van der Waals surface area contributed by atoms with Crippen molar-refractivity contribution in [3.8, 4) is 5.75 Å². The zero-order valence-corrected chi connectivity index (χ0v) is 14.0. The Hall–Kier alpha value is -2.57. The van der Waals surface area contributed by atoms with E-state index in [4.69, 9.17) is 9.26 Å². The van der Waals surface area contributed by atoms with Gasteiger partial charge in [-0.15, -0.1) is 0 Å². The second kappa shape index (κ2) is 7.33. The number of nitrogens with zero attached hydrogens (tertiary/aromatic N) is 3. The van der Waals surface area contributed by atoms with Crippen molar-refractivity contribution in [1.29, 1.82) is 0 Å². The first-order valence-corrected chi connectivity index (χ1v) is 8.15. The molecule has 2 amide bonds. The maximum Gasteiger partial charge on any atom is 0.318 e. The van der Waals surface area contributed by atoms with E-state index in [0.717, 1.165) is 30.6 Å². The molecule has 7 nitrogen and oxygen atoms in total. The Bertz CT molecular complexity index is 683. The van der Waals surface area contributed by atoms with Crippen LogP contribution in [0.25, 0.3) is 0 Å². The minimum Gasteiger partial charge on any atom is -0.497 e. The normalized spacial score (nSPS) is 17.1. The number of hydrogen-bond acceptors (Lipinski definition) is 5. The van der Waals surface area contributed by atoms with Gasteiger partial charge in [-0.2, -0.15) is 4.98 Å². The summed E-state index contributed by atoms with van der Waals surface area (Å²) in [7, 11) is 1.65. The first-order valence-electron chi connectivity index (χ1n) is 8.15. The van der Waals surface area contributed by atoms with E-state index >= 15 is 0 Å². The van der Waals surface area contributed by atoms with Gasteiger partial charge in [-0.3, -0.25) is 0 Å². The largest absolute Gasteiger partial charge is 0.497 e. The van der Waals surface area contributed by atoms with Crippen molar-refractivity contribution in [2.75, 3.05) is 20.2 Å². The fourth-order valence-electron chi connectivity index (χ4n) is 2.92. The lowest BCUT2D eigenvalue weighted by atomic mass is 10.1. The van der Waals surface area contributed by atoms with Crippen molar-refractivity contribution in [3.63, 3.8) is 0 Å². The minimum atomic E-state index is -0.118. The molecule has 2 aromatic rings. The first kappa shape index (κ1) is 16.3. The van der Waals surface area contributed by atoms with Crippen LogP contribution in [0.2, 0.25) is 0 Å². The number of carbonyl (C=O) groups excluding carboxylic acids is 1. The van der Waals surface area contributed by atoms with Crippen molar-refractivity contribution in [2.45, 2.75) is 32.2 Å². The van der Waals surface area contributed by atoms with Crippen molar-refractivity contribution in [3.05, 3.63) is 41.5 Å². The van der Waals surface area contributed by atoms with Gasteiger partial charge < -0.3 is 19.5 Å². The van der Waals surface area contributed by atoms with E-state index in [1.54, 1.807) is 18.9 Å². The summed E-state index contributed by atoms with van der Waals surface area (Å²) in [6.07, 6.45) is 2.57. The fraction of sp³-hybridized carbons (Fsp3) is 0.471. The molecular weight excluding hydrogens is 308 g/mol. The lowest BCUT2D eigenvalue weighted by Crippen LogP contribution is -2.40. The number of amides is 2. The molecular formula is C17H22N4O3. The van der Waals surface area contributed by atoms with Crippen LogP contribution < -0.4 is 10.1 Å². The molecule has 1 atom stereocenters. The highest BCUT2D eigenvalue weighted by Gasteiger charge is 2.33. The maximum absolute atomic E-state index is 12.4. The lowest BCUT2D eigenvalue weighted by molar-refractivity contribution is 0.180. The molecule has 128 valence electrons. The van der Waals surface area contributed by atoms with Gasteiger partial charge in [0.05, 0.1) is 7.11 Å². The molecule has 0 spiro atoms. The van der Waals surface area contributed by atoms with Gasteiger partial charge in [-0.25, -0.2) is 4.79 Å². The number of likely N-dealkylation sites (tertiary alicyclic amines) is 1. The average Bonchev–Trinajstić information content (AvgIpc) is 3.24. The summed E-state index contributed by atoms with van der Waals surface area (Å²) in [5.74, 6) is 1.95. The summed E-state index contributed by atoms with van der Waals surface area (Å²) in [5, 5.41) is 6.79. The van der Waals surface area contributed by atoms with Crippen molar-refractivity contribution in [1.82, 2.24) is 20.4 Å². The van der Waals surface area contributed by atoms with Crippen LogP contribution in [-0.4, -0.2) is 41.3 Å². The number of nitrogens with one attached hydrogen (secondary N) is 1. The van der Waals surface area contributed by atoms with E-state index in [-0.39, 0.29) is 12.1 Å². The second-order valence-electron chi connectivity index (χ2n) is 5.86. The van der Waals surface area contributed by atoms with Gasteiger partial charge in [0.25, 0.3) is 0 Å². The molecule has 0 saturated carbocycles. The number of urea groups is 1. The van der Waals surface area contributed by atoms with E-state index in [2.05, 4.69) is 15.5 Å². The summed E-state index contributed by atoms with van der Waals surface area (Å²) >= 11 is 0. The number of aromatic nitrogens is 2. The molecule has 1 unspecified atom stereocenters. The van der Waals surface area contributed by atoms with Crippen LogP contribution in [0.1, 0.15) is 36.2 Å². The number of rotatable bonds is 5. The summed E-state index contributed by atoms with van der Waals surface area (Å²) in [4.78, 5) is 18.5. The van der Waals surface area contributed by atoms with Crippen LogP contribution in [-0.2, 0) is 6.42 Å². The van der Waals surface area contributed by atoms with E-state index < -0.39 is 0 Å². The van der Waals surface area contributed by atoms with Crippen LogP contribution >= 0.6 is 0 Å². The summed E-state index contributed by atoms with van der Waals surface area (Å²) in [5.41, 5.74) is 1.15. The maximum atomic E-state index is 12.4. The van der Waals surface area contributed by atoms with E-state index in [1.165, 1.54) is 0 Å². The van der Waals surface area contributed by atoms with Gasteiger partial charge in [0.15, 0.2) is 5.82 Å². The van der Waals surface area contributed by atoms with E-state index in [0.29, 0.717) is 24.8 Å². The Balaban J connectivity index is 1.52. The first-order chi connectivity index (χ1) is 11.7. The molecule has 0 bridgehead atoms. The molecule has 1 aliphatic heterocycles. The van der Waals surface area contributed by atoms with Gasteiger partial charge >= 0.3 is 6.03 Å². The summed E-state index contributed by atoms with van der Waals surface area (Å²) in [6, 6.07) is 7.65. The van der Waals surface area contributed by atoms with Crippen molar-refractivity contribution in [2.24, 2.45) is 0 Å². The zero-order valence-electron chi connectivity index (χ0n) is 14.0. The molecule has 0 radical (unpaired) electrons. The standard InChI is InChI=1S/C17H22N4O3/c1-12-19-16(24-20-12)15-4-3-11-21(15)17(22)18-10-9-13-5-7-14(23-2)8-6-13/h5-8,15H,3-4,9-11H2,1-2H3,(H,18,22). The number of methoxy groups -OCH3 is 1. The van der Waals surface area contributed by atoms with Crippen molar-refractivity contribution >= 4 is 6.03 Å². The third-order valence-corrected chi connectivity index (χ3v) is 4.19. The second-order valence-corrected chi connectivity index (χ2v) is 5.86. The SMILES string of the molecule is COc1ccc(CCNC(=O)N2CCCC2c2nc(C)no2)cc1. The predicted molar refractivity (Wildman–Crippen MR) is 87.8 cm³/mol. The molecule has 0 aliphatic carbocycles. The summed E-state index contributed by atoms with van der Waals surface area (Å²) < 4.78 is 10.4. The van der Waals surface area contributed by atoms with Crippen LogP contribution in [0.5, 0.6) is 5.75 Å². The molecule has 2 heterocycles. The smallest absolute Gasteiger partial charge is 0.318 e. The topological polar surface area (TPSA) is 80.5 Å². The number of aryl methyl sites for hydroxylation is 1. The summed E-state index contributed by atoms with van der Waals surface area (Å²) in [6.45, 7) is 3.07. The molecule has 1 N–H and O–H groups in total. The average molecular weight is 330 g/mol. The van der Waals surface area contributed by atoms with Crippen LogP contribution in [0.15, 0.2) is 28.8 Å². The number of ether oxygens (including phenoxy) is 1. The van der Waals surface area contributed by atoms with Crippen LogP contribution in [0.4, 0.5) is 4.79 Å². The van der Waals surface area contributed by atoms with Gasteiger partial charge in [-0.05, 0) is 43.9 Å². The number of carbonyl (C=O) groups is 1.